The molecule has 1 rings (SSSR count). The van der Waals surface area contributed by atoms with Crippen LogP contribution in [0.25, 0.3) is 0 Å². The maximum atomic E-state index is 11.2. The first-order valence-corrected chi connectivity index (χ1v) is 9.70. The van der Waals surface area contributed by atoms with E-state index in [9.17, 15) is 9.13 Å². The van der Waals surface area contributed by atoms with Gasteiger partial charge < -0.3 is 24.3 Å². The van der Waals surface area contributed by atoms with E-state index in [0.717, 1.165) is 0 Å². The Labute approximate surface area is 121 Å². The molecule has 108 valence electrons. The van der Waals surface area contributed by atoms with E-state index in [-0.39, 0.29) is 10.6 Å². The molecule has 19 heavy (non-hydrogen) atoms. The van der Waals surface area contributed by atoms with Crippen molar-refractivity contribution in [1.82, 2.24) is 0 Å². The summed E-state index contributed by atoms with van der Waals surface area (Å²) in [4.78, 5) is 36.4. The van der Waals surface area contributed by atoms with Gasteiger partial charge in [0.25, 0.3) is 0 Å². The number of rotatable bonds is 5. The first-order chi connectivity index (χ1) is 8.55. The second kappa shape index (κ2) is 6.28. The van der Waals surface area contributed by atoms with E-state index in [1.54, 1.807) is 6.07 Å². The zero-order valence-electron chi connectivity index (χ0n) is 9.50. The number of halogens is 1. The van der Waals surface area contributed by atoms with Gasteiger partial charge in [-0.25, -0.2) is 0 Å². The lowest BCUT2D eigenvalue weighted by Gasteiger charge is -2.20. The Morgan fingerprint density at radius 2 is 1.74 bits per heavy atom. The second-order valence-corrected chi connectivity index (χ2v) is 9.98. The van der Waals surface area contributed by atoms with Crippen molar-refractivity contribution in [3.05, 3.63) is 22.7 Å². The van der Waals surface area contributed by atoms with Crippen LogP contribution in [-0.2, 0) is 9.13 Å². The minimum atomic E-state index is -4.98. The Bertz CT molecular complexity index is 532. The zero-order valence-corrected chi connectivity index (χ0v) is 13.7. The molecule has 0 bridgehead atoms. The minimum absolute atomic E-state index is 0.216. The molecule has 0 unspecified atom stereocenters. The molecule has 0 saturated carbocycles. The fourth-order valence-corrected chi connectivity index (χ4v) is 5.74. The number of hydrogen-bond donors (Lipinski definition) is 4. The topological polar surface area (TPSA) is 124 Å². The SMILES string of the molecule is COc1ccc(Br)cc1SC(P(=O)(O)O)P(=O)(O)O. The lowest BCUT2D eigenvalue weighted by Crippen LogP contribution is -2.04. The zero-order chi connectivity index (χ0) is 14.8. The molecule has 0 saturated heterocycles. The van der Waals surface area contributed by atoms with Crippen molar-refractivity contribution in [3.8, 4) is 5.75 Å². The number of benzene rings is 1. The van der Waals surface area contributed by atoms with Gasteiger partial charge in [0.15, 0.2) is 0 Å². The van der Waals surface area contributed by atoms with Gasteiger partial charge in [0, 0.05) is 4.47 Å². The Morgan fingerprint density at radius 1 is 1.21 bits per heavy atom. The van der Waals surface area contributed by atoms with E-state index < -0.39 is 19.9 Å². The highest BCUT2D eigenvalue weighted by molar-refractivity contribution is 9.10. The van der Waals surface area contributed by atoms with Crippen molar-refractivity contribution in [2.24, 2.45) is 0 Å². The summed E-state index contributed by atoms with van der Waals surface area (Å²) in [5.41, 5.74) is 0. The maximum absolute atomic E-state index is 11.2. The fraction of sp³-hybridized carbons (Fsp3) is 0.250. The summed E-state index contributed by atoms with van der Waals surface area (Å²) in [7, 11) is -8.61. The Balaban J connectivity index is 3.21. The molecule has 0 aliphatic rings. The van der Waals surface area contributed by atoms with E-state index in [4.69, 9.17) is 24.3 Å². The highest BCUT2D eigenvalue weighted by atomic mass is 79.9. The average Bonchev–Trinajstić information content (AvgIpc) is 2.23. The summed E-state index contributed by atoms with van der Waals surface area (Å²) in [6.07, 6.45) is 0. The quantitative estimate of drug-likeness (QED) is 0.444. The van der Waals surface area contributed by atoms with E-state index in [2.05, 4.69) is 15.9 Å². The molecule has 7 nitrogen and oxygen atoms in total. The van der Waals surface area contributed by atoms with E-state index in [1.165, 1.54) is 19.2 Å². The third-order valence-electron chi connectivity index (χ3n) is 1.93. The van der Waals surface area contributed by atoms with Crippen molar-refractivity contribution in [1.29, 1.82) is 0 Å². The third kappa shape index (κ3) is 4.88. The molecule has 0 fully saturated rings. The van der Waals surface area contributed by atoms with Gasteiger partial charge in [0.2, 0.25) is 4.73 Å². The van der Waals surface area contributed by atoms with Gasteiger partial charge in [-0.15, -0.1) is 0 Å². The van der Waals surface area contributed by atoms with Crippen molar-refractivity contribution in [3.63, 3.8) is 0 Å². The van der Waals surface area contributed by atoms with Gasteiger partial charge in [-0.05, 0) is 18.2 Å². The number of ether oxygens (including phenoxy) is 1. The van der Waals surface area contributed by atoms with Crippen molar-refractivity contribution < 1.29 is 33.4 Å². The van der Waals surface area contributed by atoms with Crippen LogP contribution in [0.1, 0.15) is 0 Å². The van der Waals surface area contributed by atoms with Crippen LogP contribution in [0.3, 0.4) is 0 Å². The maximum Gasteiger partial charge on any atom is 0.351 e. The van der Waals surface area contributed by atoms with Crippen molar-refractivity contribution in [2.45, 2.75) is 9.63 Å². The van der Waals surface area contributed by atoms with Gasteiger partial charge in [-0.1, -0.05) is 27.7 Å². The first-order valence-electron chi connectivity index (χ1n) is 4.66. The molecular weight excluding hydrogens is 382 g/mol. The van der Waals surface area contributed by atoms with Crippen LogP contribution in [0, 0.1) is 0 Å². The second-order valence-electron chi connectivity index (χ2n) is 3.42. The standard InChI is InChI=1S/C8H11BrO7P2S/c1-16-6-3-2-5(9)4-7(6)19-8(17(10,11)12)18(13,14)15/h2-4,8H,1H3,(H2,10,11,12)(H2,13,14,15). The molecule has 0 aromatic heterocycles. The number of methoxy groups -OCH3 is 1. The normalized spacial score (nSPS) is 12.8. The lowest BCUT2D eigenvalue weighted by molar-refractivity contribution is 0.352. The average molecular weight is 393 g/mol. The molecule has 1 aromatic carbocycles. The summed E-state index contributed by atoms with van der Waals surface area (Å²) in [5.74, 6) is 0.264. The van der Waals surface area contributed by atoms with Crippen LogP contribution >= 0.6 is 42.9 Å². The highest BCUT2D eigenvalue weighted by Crippen LogP contribution is 2.66. The van der Waals surface area contributed by atoms with Crippen molar-refractivity contribution in [2.75, 3.05) is 7.11 Å². The van der Waals surface area contributed by atoms with Crippen LogP contribution in [0.2, 0.25) is 0 Å². The highest BCUT2D eigenvalue weighted by Gasteiger charge is 2.44. The predicted molar refractivity (Wildman–Crippen MR) is 74.4 cm³/mol. The van der Waals surface area contributed by atoms with Crippen LogP contribution in [0.5, 0.6) is 5.75 Å². The van der Waals surface area contributed by atoms with E-state index in [1.807, 2.05) is 0 Å². The van der Waals surface area contributed by atoms with Crippen LogP contribution < -0.4 is 4.74 Å². The van der Waals surface area contributed by atoms with E-state index in [0.29, 0.717) is 16.2 Å². The Kier molecular flexibility index (Phi) is 5.69. The third-order valence-corrected chi connectivity index (χ3v) is 8.45. The summed E-state index contributed by atoms with van der Waals surface area (Å²) in [5, 5.41) is 0. The summed E-state index contributed by atoms with van der Waals surface area (Å²) >= 11 is 3.55. The molecule has 0 spiro atoms. The lowest BCUT2D eigenvalue weighted by atomic mass is 10.3. The van der Waals surface area contributed by atoms with Crippen molar-refractivity contribution >= 4 is 42.9 Å². The molecule has 0 atom stereocenters. The molecule has 0 amide bonds. The number of hydrogen-bond acceptors (Lipinski definition) is 4. The Morgan fingerprint density at radius 3 is 2.16 bits per heavy atom. The molecular formula is C8H11BrO7P2S. The largest absolute Gasteiger partial charge is 0.496 e. The monoisotopic (exact) mass is 392 g/mol. The molecule has 4 N–H and O–H groups in total. The summed E-state index contributed by atoms with van der Waals surface area (Å²) in [6, 6.07) is 4.61. The molecule has 0 heterocycles. The van der Waals surface area contributed by atoms with Gasteiger partial charge in [0.05, 0.1) is 12.0 Å². The molecule has 0 aliphatic carbocycles. The van der Waals surface area contributed by atoms with Crippen LogP contribution in [0.4, 0.5) is 0 Å². The summed E-state index contributed by atoms with van der Waals surface area (Å²) in [6.45, 7) is 0. The molecule has 11 heteroatoms. The molecule has 1 aromatic rings. The molecule has 0 aliphatic heterocycles. The van der Waals surface area contributed by atoms with Gasteiger partial charge >= 0.3 is 15.2 Å². The smallest absolute Gasteiger partial charge is 0.351 e. The van der Waals surface area contributed by atoms with Gasteiger partial charge in [0.1, 0.15) is 5.75 Å². The van der Waals surface area contributed by atoms with Gasteiger partial charge in [-0.3, -0.25) is 9.13 Å². The Hall–Kier alpha value is 0.150. The molecule has 0 radical (unpaired) electrons. The minimum Gasteiger partial charge on any atom is -0.496 e. The van der Waals surface area contributed by atoms with Crippen LogP contribution in [-0.4, -0.2) is 31.4 Å². The predicted octanol–water partition coefficient (Wildman–Crippen LogP) is 2.19. The van der Waals surface area contributed by atoms with E-state index >= 15 is 0 Å². The summed E-state index contributed by atoms with van der Waals surface area (Å²) < 4.78 is 25.8. The fourth-order valence-electron chi connectivity index (χ4n) is 1.19. The van der Waals surface area contributed by atoms with Crippen LogP contribution in [0.15, 0.2) is 27.6 Å². The number of thioether (sulfide) groups is 1. The first kappa shape index (κ1) is 17.2. The van der Waals surface area contributed by atoms with Gasteiger partial charge in [-0.2, -0.15) is 0 Å².